The fraction of sp³-hybridized carbons (Fsp3) is 0.267. The van der Waals surface area contributed by atoms with Gasteiger partial charge in [0, 0.05) is 23.7 Å². The van der Waals surface area contributed by atoms with E-state index in [-0.39, 0.29) is 6.04 Å². The maximum absolute atomic E-state index is 5.78. The Kier molecular flexibility index (Phi) is 4.34. The summed E-state index contributed by atoms with van der Waals surface area (Å²) in [7, 11) is 0. The van der Waals surface area contributed by atoms with Crippen molar-refractivity contribution in [1.82, 2.24) is 4.98 Å². The van der Waals surface area contributed by atoms with Crippen molar-refractivity contribution in [3.8, 4) is 11.3 Å². The first-order valence-corrected chi connectivity index (χ1v) is 6.58. The molecule has 1 aromatic carbocycles. The lowest BCUT2D eigenvalue weighted by Crippen LogP contribution is -2.17. The fourth-order valence-corrected chi connectivity index (χ4v) is 2.02. The normalized spacial score (nSPS) is 12.4. The molecule has 2 aromatic rings. The Labute approximate surface area is 113 Å². The molecule has 0 aliphatic heterocycles. The van der Waals surface area contributed by atoms with Crippen LogP contribution in [0.5, 0.6) is 0 Å². The third-order valence-electron chi connectivity index (χ3n) is 2.79. The number of halogens is 1. The summed E-state index contributed by atoms with van der Waals surface area (Å²) in [5.74, 6) is 0.501. The third-order valence-corrected chi connectivity index (χ3v) is 3.10. The first kappa shape index (κ1) is 13.1. The Morgan fingerprint density at radius 2 is 1.78 bits per heavy atom. The Morgan fingerprint density at radius 1 is 1.11 bits per heavy atom. The lowest BCUT2D eigenvalue weighted by molar-refractivity contribution is 0.738. The molecule has 3 heteroatoms. The molecule has 0 aliphatic rings. The Bertz CT molecular complexity index is 489. The maximum Gasteiger partial charge on any atom is 0.0702 e. The molecule has 1 heterocycles. The molecule has 1 aromatic heterocycles. The zero-order chi connectivity index (χ0) is 13.0. The number of aromatic nitrogens is 1. The number of benzene rings is 1. The van der Waals surface area contributed by atoms with Gasteiger partial charge >= 0.3 is 0 Å². The van der Waals surface area contributed by atoms with Crippen LogP contribution in [0.3, 0.4) is 0 Å². The van der Waals surface area contributed by atoms with Crippen molar-refractivity contribution in [3.05, 3.63) is 53.7 Å². The van der Waals surface area contributed by atoms with Crippen LogP contribution in [-0.2, 0) is 12.3 Å². The van der Waals surface area contributed by atoms with E-state index in [9.17, 15) is 0 Å². The van der Waals surface area contributed by atoms with Crippen molar-refractivity contribution >= 4 is 11.6 Å². The molecule has 0 bridgehead atoms. The van der Waals surface area contributed by atoms with Gasteiger partial charge < -0.3 is 5.73 Å². The Balaban J connectivity index is 2.17. The van der Waals surface area contributed by atoms with E-state index in [4.69, 9.17) is 17.3 Å². The molecular weight excluding hydrogens is 244 g/mol. The number of nitrogens with zero attached hydrogens (tertiary/aromatic N) is 1. The summed E-state index contributed by atoms with van der Waals surface area (Å²) >= 11 is 5.74. The van der Waals surface area contributed by atoms with Gasteiger partial charge in [0.25, 0.3) is 0 Å². The van der Waals surface area contributed by atoms with Gasteiger partial charge in [0.1, 0.15) is 0 Å². The highest BCUT2D eigenvalue weighted by Crippen LogP contribution is 2.18. The minimum Gasteiger partial charge on any atom is -0.328 e. The average molecular weight is 261 g/mol. The second kappa shape index (κ2) is 5.98. The van der Waals surface area contributed by atoms with Crippen LogP contribution < -0.4 is 5.73 Å². The molecule has 2 N–H and O–H groups in total. The molecule has 18 heavy (non-hydrogen) atoms. The fourth-order valence-electron chi connectivity index (χ4n) is 1.86. The molecule has 94 valence electrons. The number of nitrogens with two attached hydrogens (primary N) is 1. The van der Waals surface area contributed by atoms with Gasteiger partial charge in [-0.2, -0.15) is 0 Å². The molecule has 2 rings (SSSR count). The predicted octanol–water partition coefficient (Wildman–Crippen LogP) is 3.38. The molecular formula is C15H17ClN2. The minimum atomic E-state index is 0.192. The molecule has 0 spiro atoms. The van der Waals surface area contributed by atoms with Gasteiger partial charge in [0.2, 0.25) is 0 Å². The smallest absolute Gasteiger partial charge is 0.0702 e. The number of rotatable bonds is 4. The Morgan fingerprint density at radius 3 is 2.28 bits per heavy atom. The zero-order valence-corrected chi connectivity index (χ0v) is 11.2. The molecule has 1 atom stereocenters. The van der Waals surface area contributed by atoms with Crippen LogP contribution in [0, 0.1) is 0 Å². The van der Waals surface area contributed by atoms with Crippen molar-refractivity contribution in [2.45, 2.75) is 25.3 Å². The SMILES string of the molecule is CC(N)Cc1ccc(-c2ccc(CCl)cn2)cc1. The average Bonchev–Trinajstić information content (AvgIpc) is 2.39. The third kappa shape index (κ3) is 3.31. The molecule has 0 fully saturated rings. The molecule has 0 saturated carbocycles. The van der Waals surface area contributed by atoms with E-state index >= 15 is 0 Å². The monoisotopic (exact) mass is 260 g/mol. The second-order valence-electron chi connectivity index (χ2n) is 4.56. The number of alkyl halides is 1. The van der Waals surface area contributed by atoms with Gasteiger partial charge in [-0.05, 0) is 30.5 Å². The van der Waals surface area contributed by atoms with Crippen molar-refractivity contribution in [3.63, 3.8) is 0 Å². The highest BCUT2D eigenvalue weighted by molar-refractivity contribution is 6.17. The minimum absolute atomic E-state index is 0.192. The molecule has 0 saturated heterocycles. The van der Waals surface area contributed by atoms with E-state index in [1.165, 1.54) is 5.56 Å². The first-order valence-electron chi connectivity index (χ1n) is 6.05. The van der Waals surface area contributed by atoms with E-state index in [1.807, 2.05) is 25.3 Å². The number of hydrogen-bond acceptors (Lipinski definition) is 2. The first-order chi connectivity index (χ1) is 8.69. The summed E-state index contributed by atoms with van der Waals surface area (Å²) < 4.78 is 0. The summed E-state index contributed by atoms with van der Waals surface area (Å²) in [4.78, 5) is 4.40. The highest BCUT2D eigenvalue weighted by Gasteiger charge is 2.01. The van der Waals surface area contributed by atoms with Crippen LogP contribution in [0.2, 0.25) is 0 Å². The number of pyridine rings is 1. The van der Waals surface area contributed by atoms with Gasteiger partial charge in [-0.1, -0.05) is 30.3 Å². The van der Waals surface area contributed by atoms with Gasteiger partial charge in [0.05, 0.1) is 5.69 Å². The van der Waals surface area contributed by atoms with Gasteiger partial charge in [-0.25, -0.2) is 0 Å². The van der Waals surface area contributed by atoms with E-state index in [0.717, 1.165) is 23.2 Å². The summed E-state index contributed by atoms with van der Waals surface area (Å²) in [6.45, 7) is 2.01. The van der Waals surface area contributed by atoms with Crippen LogP contribution in [-0.4, -0.2) is 11.0 Å². The maximum atomic E-state index is 5.78. The van der Waals surface area contributed by atoms with Crippen LogP contribution in [0.25, 0.3) is 11.3 Å². The standard InChI is InChI=1S/C15H17ClN2/c1-11(17)8-12-2-5-14(6-3-12)15-7-4-13(9-16)10-18-15/h2-7,10-11H,8-9,17H2,1H3. The summed E-state index contributed by atoms with van der Waals surface area (Å²) in [5.41, 5.74) is 10.2. The van der Waals surface area contributed by atoms with Crippen molar-refractivity contribution in [2.24, 2.45) is 5.73 Å². The lowest BCUT2D eigenvalue weighted by atomic mass is 10.0. The molecule has 1 unspecified atom stereocenters. The van der Waals surface area contributed by atoms with E-state index in [0.29, 0.717) is 5.88 Å². The quantitative estimate of drug-likeness (QED) is 0.856. The van der Waals surface area contributed by atoms with Crippen LogP contribution in [0.1, 0.15) is 18.1 Å². The largest absolute Gasteiger partial charge is 0.328 e. The molecule has 2 nitrogen and oxygen atoms in total. The topological polar surface area (TPSA) is 38.9 Å². The van der Waals surface area contributed by atoms with Crippen LogP contribution in [0.15, 0.2) is 42.6 Å². The summed E-state index contributed by atoms with van der Waals surface area (Å²) in [6, 6.07) is 12.6. The summed E-state index contributed by atoms with van der Waals surface area (Å²) in [5, 5.41) is 0. The predicted molar refractivity (Wildman–Crippen MR) is 76.6 cm³/mol. The molecule has 0 radical (unpaired) electrons. The number of hydrogen-bond donors (Lipinski definition) is 1. The lowest BCUT2D eigenvalue weighted by Gasteiger charge is -2.06. The highest BCUT2D eigenvalue weighted by atomic mass is 35.5. The van der Waals surface area contributed by atoms with Crippen molar-refractivity contribution < 1.29 is 0 Å². The van der Waals surface area contributed by atoms with Crippen molar-refractivity contribution in [1.29, 1.82) is 0 Å². The van der Waals surface area contributed by atoms with Crippen LogP contribution in [0.4, 0.5) is 0 Å². The Hall–Kier alpha value is -1.38. The molecule has 0 amide bonds. The van der Waals surface area contributed by atoms with E-state index in [1.54, 1.807) is 0 Å². The van der Waals surface area contributed by atoms with Gasteiger partial charge in [-0.15, -0.1) is 11.6 Å². The second-order valence-corrected chi connectivity index (χ2v) is 4.83. The van der Waals surface area contributed by atoms with Gasteiger partial charge in [-0.3, -0.25) is 4.98 Å². The van der Waals surface area contributed by atoms with E-state index in [2.05, 4.69) is 29.2 Å². The van der Waals surface area contributed by atoms with E-state index < -0.39 is 0 Å². The van der Waals surface area contributed by atoms with Crippen LogP contribution >= 0.6 is 11.6 Å². The zero-order valence-electron chi connectivity index (χ0n) is 10.4. The summed E-state index contributed by atoms with van der Waals surface area (Å²) in [6.07, 6.45) is 2.72. The molecule has 0 aliphatic carbocycles. The van der Waals surface area contributed by atoms with Gasteiger partial charge in [0.15, 0.2) is 0 Å². The van der Waals surface area contributed by atoms with Crippen molar-refractivity contribution in [2.75, 3.05) is 0 Å².